The molecule has 3 aliphatic heterocycles. The van der Waals surface area contributed by atoms with Gasteiger partial charge in [-0.3, -0.25) is 4.18 Å². The topological polar surface area (TPSA) is 89.5 Å². The Bertz CT molecular complexity index is 791. The maximum Gasteiger partial charge on any atom is 0.297 e. The van der Waals surface area contributed by atoms with Gasteiger partial charge in [0.05, 0.1) is 11.5 Å². The van der Waals surface area contributed by atoms with Gasteiger partial charge in [0.25, 0.3) is 10.1 Å². The van der Waals surface area contributed by atoms with Gasteiger partial charge < -0.3 is 23.7 Å². The molecule has 3 fully saturated rings. The second-order valence-corrected chi connectivity index (χ2v) is 9.37. The van der Waals surface area contributed by atoms with Crippen molar-refractivity contribution >= 4 is 10.1 Å². The lowest BCUT2D eigenvalue weighted by molar-refractivity contribution is -0.238. The molecule has 4 rings (SSSR count). The van der Waals surface area contributed by atoms with Crippen LogP contribution in [0.5, 0.6) is 0 Å². The van der Waals surface area contributed by atoms with E-state index in [-0.39, 0.29) is 11.5 Å². The summed E-state index contributed by atoms with van der Waals surface area (Å²) in [7, 11) is -3.91. The molecular weight excluding hydrogens is 376 g/mol. The van der Waals surface area contributed by atoms with Crippen LogP contribution < -0.4 is 0 Å². The van der Waals surface area contributed by atoms with E-state index < -0.39 is 52.4 Å². The minimum absolute atomic E-state index is 0.0840. The number of fused-ring (bicyclic) bond motifs is 3. The van der Waals surface area contributed by atoms with Crippen molar-refractivity contribution in [1.29, 1.82) is 0 Å². The monoisotopic (exact) mass is 400 g/mol. The largest absolute Gasteiger partial charge is 0.342 e. The Balaban J connectivity index is 1.52. The van der Waals surface area contributed by atoms with Crippen molar-refractivity contribution in [3.8, 4) is 0 Å². The number of benzene rings is 1. The molecule has 0 N–H and O–H groups in total. The molecule has 8 nitrogen and oxygen atoms in total. The molecule has 1 aromatic carbocycles. The molecule has 0 bridgehead atoms. The van der Waals surface area contributed by atoms with Crippen molar-refractivity contribution in [2.75, 3.05) is 6.61 Å². The summed E-state index contributed by atoms with van der Waals surface area (Å²) in [5.74, 6) is -1.68. The maximum atomic E-state index is 12.4. The van der Waals surface area contributed by atoms with Gasteiger partial charge in [-0.15, -0.1) is 0 Å². The molecule has 9 heteroatoms. The van der Waals surface area contributed by atoms with Crippen LogP contribution in [0.4, 0.5) is 0 Å². The predicted octanol–water partition coefficient (Wildman–Crippen LogP) is 1.79. The van der Waals surface area contributed by atoms with Crippen LogP contribution in [-0.4, -0.2) is 57.3 Å². The maximum absolute atomic E-state index is 12.4. The second-order valence-electron chi connectivity index (χ2n) is 7.76. The molecule has 0 spiro atoms. The highest BCUT2D eigenvalue weighted by Crippen LogP contribution is 2.44. The van der Waals surface area contributed by atoms with Crippen molar-refractivity contribution < 1.29 is 36.3 Å². The molecule has 2 unspecified atom stereocenters. The number of ether oxygens (including phenoxy) is 5. The highest BCUT2D eigenvalue weighted by molar-refractivity contribution is 7.86. The van der Waals surface area contributed by atoms with Gasteiger partial charge in [0.15, 0.2) is 17.9 Å². The zero-order chi connectivity index (χ0) is 19.4. The van der Waals surface area contributed by atoms with E-state index >= 15 is 0 Å². The molecule has 150 valence electrons. The standard InChI is InChI=1S/C18H24O8S/c1-17(2)23-13-12(10-21-27(19,20)11-8-6-5-7-9-11)22-16-15(14(13)24-17)25-18(3,4)26-16/h5-9,12-16H,10H2,1-4H3/t12?,13-,14-,15?,16+/m0/s1. The fourth-order valence-electron chi connectivity index (χ4n) is 3.64. The smallest absolute Gasteiger partial charge is 0.297 e. The normalized spacial score (nSPS) is 37.0. The SMILES string of the molecule is CC1(C)OC2[C@H](OC(COS(=O)(=O)c3ccccc3)[C@@H]3OC(C)(C)O[C@H]23)O1. The van der Waals surface area contributed by atoms with E-state index in [9.17, 15) is 8.42 Å². The average molecular weight is 400 g/mol. The predicted molar refractivity (Wildman–Crippen MR) is 92.1 cm³/mol. The van der Waals surface area contributed by atoms with Gasteiger partial charge in [-0.1, -0.05) is 18.2 Å². The van der Waals surface area contributed by atoms with Crippen LogP contribution in [0.3, 0.4) is 0 Å². The molecular formula is C18H24O8S. The summed E-state index contributed by atoms with van der Waals surface area (Å²) in [6.45, 7) is 6.94. The lowest BCUT2D eigenvalue weighted by Crippen LogP contribution is -2.56. The minimum Gasteiger partial charge on any atom is -0.342 e. The molecule has 0 saturated carbocycles. The Labute approximate surface area is 158 Å². The zero-order valence-corrected chi connectivity index (χ0v) is 16.5. The first-order valence-electron chi connectivity index (χ1n) is 8.88. The lowest BCUT2D eigenvalue weighted by Gasteiger charge is -2.36. The molecule has 5 atom stereocenters. The highest BCUT2D eigenvalue weighted by atomic mass is 32.2. The fourth-order valence-corrected chi connectivity index (χ4v) is 4.58. The third-order valence-corrected chi connectivity index (χ3v) is 5.97. The average Bonchev–Trinajstić information content (AvgIpc) is 3.07. The zero-order valence-electron chi connectivity index (χ0n) is 15.7. The summed E-state index contributed by atoms with van der Waals surface area (Å²) in [6.07, 6.45) is -2.83. The Morgan fingerprint density at radius 2 is 1.48 bits per heavy atom. The van der Waals surface area contributed by atoms with Crippen molar-refractivity contribution in [3.05, 3.63) is 30.3 Å². The third kappa shape index (κ3) is 3.77. The number of rotatable bonds is 4. The van der Waals surface area contributed by atoms with Crippen molar-refractivity contribution in [1.82, 2.24) is 0 Å². The summed E-state index contributed by atoms with van der Waals surface area (Å²) >= 11 is 0. The summed E-state index contributed by atoms with van der Waals surface area (Å²) in [6, 6.07) is 7.96. The summed E-state index contributed by atoms with van der Waals surface area (Å²) in [5, 5.41) is 0. The number of hydrogen-bond donors (Lipinski definition) is 0. The molecule has 0 amide bonds. The Morgan fingerprint density at radius 3 is 2.19 bits per heavy atom. The minimum atomic E-state index is -3.91. The third-order valence-electron chi connectivity index (χ3n) is 4.67. The molecule has 3 aliphatic rings. The van der Waals surface area contributed by atoms with Crippen LogP contribution in [0.1, 0.15) is 27.7 Å². The second kappa shape index (κ2) is 6.48. The summed E-state index contributed by atoms with van der Waals surface area (Å²) in [5.41, 5.74) is 0. The van der Waals surface area contributed by atoms with Crippen LogP contribution in [0.15, 0.2) is 35.2 Å². The number of hydrogen-bond acceptors (Lipinski definition) is 8. The van der Waals surface area contributed by atoms with E-state index in [1.807, 2.05) is 0 Å². The van der Waals surface area contributed by atoms with Gasteiger partial charge in [0.2, 0.25) is 0 Å². The molecule has 1 aromatic rings. The lowest BCUT2D eigenvalue weighted by atomic mass is 9.99. The van der Waals surface area contributed by atoms with Crippen molar-refractivity contribution in [3.63, 3.8) is 0 Å². The molecule has 27 heavy (non-hydrogen) atoms. The van der Waals surface area contributed by atoms with Crippen molar-refractivity contribution in [2.45, 2.75) is 74.9 Å². The molecule has 0 aromatic heterocycles. The van der Waals surface area contributed by atoms with E-state index in [4.69, 9.17) is 27.9 Å². The van der Waals surface area contributed by atoms with Crippen LogP contribution in [0, 0.1) is 0 Å². The Morgan fingerprint density at radius 1 is 0.889 bits per heavy atom. The first-order chi connectivity index (χ1) is 12.6. The van der Waals surface area contributed by atoms with E-state index in [2.05, 4.69) is 0 Å². The van der Waals surface area contributed by atoms with Crippen LogP contribution in [0.2, 0.25) is 0 Å². The summed E-state index contributed by atoms with van der Waals surface area (Å²) in [4.78, 5) is 0.0840. The quantitative estimate of drug-likeness (QED) is 0.707. The Hall–Kier alpha value is -1.07. The van der Waals surface area contributed by atoms with Crippen LogP contribution in [0.25, 0.3) is 0 Å². The van der Waals surface area contributed by atoms with Crippen molar-refractivity contribution in [2.24, 2.45) is 0 Å². The first kappa shape index (κ1) is 19.3. The molecule has 3 heterocycles. The van der Waals surface area contributed by atoms with Crippen LogP contribution >= 0.6 is 0 Å². The summed E-state index contributed by atoms with van der Waals surface area (Å²) < 4.78 is 59.7. The highest BCUT2D eigenvalue weighted by Gasteiger charge is 2.60. The molecule has 3 saturated heterocycles. The fraction of sp³-hybridized carbons (Fsp3) is 0.667. The van der Waals surface area contributed by atoms with Gasteiger partial charge in [0.1, 0.15) is 24.4 Å². The van der Waals surface area contributed by atoms with E-state index in [1.54, 1.807) is 45.9 Å². The van der Waals surface area contributed by atoms with Gasteiger partial charge in [0, 0.05) is 0 Å². The first-order valence-corrected chi connectivity index (χ1v) is 10.3. The van der Waals surface area contributed by atoms with Gasteiger partial charge in [-0.05, 0) is 39.8 Å². The van der Waals surface area contributed by atoms with Gasteiger partial charge in [-0.25, -0.2) is 0 Å². The van der Waals surface area contributed by atoms with Gasteiger partial charge in [-0.2, -0.15) is 8.42 Å². The van der Waals surface area contributed by atoms with Gasteiger partial charge >= 0.3 is 0 Å². The van der Waals surface area contributed by atoms with Crippen LogP contribution in [-0.2, 0) is 38.0 Å². The Kier molecular flexibility index (Phi) is 4.62. The molecule has 0 aliphatic carbocycles. The van der Waals surface area contributed by atoms with E-state index in [1.165, 1.54) is 12.1 Å². The van der Waals surface area contributed by atoms with E-state index in [0.29, 0.717) is 0 Å². The van der Waals surface area contributed by atoms with E-state index in [0.717, 1.165) is 0 Å². The molecule has 0 radical (unpaired) electrons.